The number of methoxy groups -OCH3 is 1. The number of ether oxygens (including phenoxy) is 1. The summed E-state index contributed by atoms with van der Waals surface area (Å²) in [5, 5.41) is 4.61. The molecule has 4 heteroatoms. The summed E-state index contributed by atoms with van der Waals surface area (Å²) in [6, 6.07) is 0.863. The highest BCUT2D eigenvalue weighted by Gasteiger charge is 2.22. The average molecular weight is 258 g/mol. The Balaban J connectivity index is 2.45. The van der Waals surface area contributed by atoms with Crippen molar-refractivity contribution in [2.75, 3.05) is 19.5 Å². The molecule has 0 fully saturated rings. The van der Waals surface area contributed by atoms with Crippen molar-refractivity contribution in [3.05, 3.63) is 0 Å². The van der Waals surface area contributed by atoms with Gasteiger partial charge < -0.3 is 10.1 Å². The number of aliphatic imine (C=N–C) groups is 1. The SMILES string of the molecule is COCC(NC1=NC(CC(C)C)CS1)C(C)C. The summed E-state index contributed by atoms with van der Waals surface area (Å²) in [6.07, 6.45) is 1.19. The second-order valence-electron chi connectivity index (χ2n) is 5.48. The largest absolute Gasteiger partial charge is 0.383 e. The highest BCUT2D eigenvalue weighted by atomic mass is 32.2. The zero-order valence-corrected chi connectivity index (χ0v) is 12.5. The Labute approximate surface area is 110 Å². The highest BCUT2D eigenvalue weighted by Crippen LogP contribution is 2.22. The fourth-order valence-corrected chi connectivity index (χ4v) is 2.92. The lowest BCUT2D eigenvalue weighted by molar-refractivity contribution is 0.156. The fourth-order valence-electron chi connectivity index (χ4n) is 1.90. The number of amidine groups is 1. The van der Waals surface area contributed by atoms with Crippen LogP contribution in [0.1, 0.15) is 34.1 Å². The van der Waals surface area contributed by atoms with Crippen LogP contribution in [-0.4, -0.2) is 36.7 Å². The molecule has 0 aromatic heterocycles. The topological polar surface area (TPSA) is 33.6 Å². The van der Waals surface area contributed by atoms with Gasteiger partial charge in [0.2, 0.25) is 0 Å². The van der Waals surface area contributed by atoms with E-state index in [0.717, 1.165) is 23.4 Å². The number of rotatable bonds is 6. The van der Waals surface area contributed by atoms with Crippen molar-refractivity contribution in [1.29, 1.82) is 0 Å². The Bertz CT molecular complexity index is 254. The molecule has 1 N–H and O–H groups in total. The first-order valence-corrected chi connectivity index (χ1v) is 7.47. The molecular weight excluding hydrogens is 232 g/mol. The van der Waals surface area contributed by atoms with E-state index in [9.17, 15) is 0 Å². The molecule has 1 heterocycles. The molecule has 17 heavy (non-hydrogen) atoms. The van der Waals surface area contributed by atoms with E-state index in [1.54, 1.807) is 7.11 Å². The van der Waals surface area contributed by atoms with E-state index in [-0.39, 0.29) is 0 Å². The van der Waals surface area contributed by atoms with Crippen LogP contribution in [0.3, 0.4) is 0 Å². The molecule has 1 aliphatic heterocycles. The second kappa shape index (κ2) is 7.27. The van der Waals surface area contributed by atoms with Gasteiger partial charge in [-0.05, 0) is 18.3 Å². The summed E-state index contributed by atoms with van der Waals surface area (Å²) >= 11 is 1.85. The molecule has 0 aromatic carbocycles. The van der Waals surface area contributed by atoms with Crippen molar-refractivity contribution < 1.29 is 4.74 Å². The molecule has 0 saturated heterocycles. The van der Waals surface area contributed by atoms with Gasteiger partial charge in [-0.25, -0.2) is 0 Å². The maximum Gasteiger partial charge on any atom is 0.157 e. The van der Waals surface area contributed by atoms with Gasteiger partial charge in [-0.1, -0.05) is 39.5 Å². The first-order valence-electron chi connectivity index (χ1n) is 6.49. The number of hydrogen-bond donors (Lipinski definition) is 1. The Morgan fingerprint density at radius 3 is 2.65 bits per heavy atom. The summed E-state index contributed by atoms with van der Waals surface area (Å²) in [7, 11) is 1.75. The van der Waals surface area contributed by atoms with E-state index >= 15 is 0 Å². The van der Waals surface area contributed by atoms with Crippen LogP contribution in [0, 0.1) is 11.8 Å². The lowest BCUT2D eigenvalue weighted by Crippen LogP contribution is -2.40. The maximum atomic E-state index is 5.24. The lowest BCUT2D eigenvalue weighted by atomic mass is 10.1. The van der Waals surface area contributed by atoms with E-state index in [2.05, 4.69) is 33.0 Å². The first-order chi connectivity index (χ1) is 8.02. The van der Waals surface area contributed by atoms with Crippen LogP contribution >= 0.6 is 11.8 Å². The highest BCUT2D eigenvalue weighted by molar-refractivity contribution is 8.14. The van der Waals surface area contributed by atoms with Crippen LogP contribution in [0.15, 0.2) is 4.99 Å². The van der Waals surface area contributed by atoms with Crippen molar-refractivity contribution in [2.24, 2.45) is 16.8 Å². The maximum absolute atomic E-state index is 5.24. The van der Waals surface area contributed by atoms with E-state index in [4.69, 9.17) is 9.73 Å². The van der Waals surface area contributed by atoms with E-state index < -0.39 is 0 Å². The summed E-state index contributed by atoms with van der Waals surface area (Å²) < 4.78 is 5.24. The summed E-state index contributed by atoms with van der Waals surface area (Å²) in [5.41, 5.74) is 0. The van der Waals surface area contributed by atoms with E-state index in [0.29, 0.717) is 18.0 Å². The van der Waals surface area contributed by atoms with Crippen LogP contribution in [0.2, 0.25) is 0 Å². The van der Waals surface area contributed by atoms with Gasteiger partial charge in [0.25, 0.3) is 0 Å². The monoisotopic (exact) mass is 258 g/mol. The standard InChI is InChI=1S/C13H26N2OS/c1-9(2)6-11-8-17-13(14-11)15-12(7-16-5)10(3)4/h9-12H,6-8H2,1-5H3,(H,14,15). The Hall–Kier alpha value is -0.220. The molecule has 0 amide bonds. The summed E-state index contributed by atoms with van der Waals surface area (Å²) in [5.74, 6) is 2.41. The number of hydrogen-bond acceptors (Lipinski definition) is 4. The van der Waals surface area contributed by atoms with Crippen LogP contribution < -0.4 is 5.32 Å². The molecule has 2 atom stereocenters. The second-order valence-corrected chi connectivity index (χ2v) is 6.49. The first kappa shape index (κ1) is 14.8. The minimum absolute atomic E-state index is 0.365. The summed E-state index contributed by atoms with van der Waals surface area (Å²) in [6.45, 7) is 9.68. The Morgan fingerprint density at radius 1 is 1.41 bits per heavy atom. The van der Waals surface area contributed by atoms with Gasteiger partial charge in [-0.15, -0.1) is 0 Å². The van der Waals surface area contributed by atoms with E-state index in [1.807, 2.05) is 11.8 Å². The molecular formula is C13H26N2OS. The predicted octanol–water partition coefficient (Wildman–Crippen LogP) is 2.76. The number of nitrogens with zero attached hydrogens (tertiary/aromatic N) is 1. The molecule has 0 spiro atoms. The fraction of sp³-hybridized carbons (Fsp3) is 0.923. The van der Waals surface area contributed by atoms with Crippen molar-refractivity contribution in [1.82, 2.24) is 5.32 Å². The summed E-state index contributed by atoms with van der Waals surface area (Å²) in [4.78, 5) is 4.75. The third-order valence-corrected chi connectivity index (χ3v) is 3.96. The van der Waals surface area contributed by atoms with E-state index in [1.165, 1.54) is 6.42 Å². The lowest BCUT2D eigenvalue weighted by Gasteiger charge is -2.22. The van der Waals surface area contributed by atoms with Gasteiger partial charge in [0, 0.05) is 12.9 Å². The van der Waals surface area contributed by atoms with Gasteiger partial charge in [0.1, 0.15) is 0 Å². The molecule has 0 saturated carbocycles. The molecule has 1 aliphatic rings. The van der Waals surface area contributed by atoms with Crippen molar-refractivity contribution >= 4 is 16.9 Å². The third kappa shape index (κ3) is 5.30. The van der Waals surface area contributed by atoms with Crippen molar-refractivity contribution in [3.63, 3.8) is 0 Å². The zero-order chi connectivity index (χ0) is 12.8. The van der Waals surface area contributed by atoms with Crippen LogP contribution in [-0.2, 0) is 4.74 Å². The quantitative estimate of drug-likeness (QED) is 0.795. The minimum Gasteiger partial charge on any atom is -0.383 e. The molecule has 1 rings (SSSR count). The molecule has 0 aliphatic carbocycles. The van der Waals surface area contributed by atoms with Crippen LogP contribution in [0.5, 0.6) is 0 Å². The Morgan fingerprint density at radius 2 is 2.12 bits per heavy atom. The molecule has 0 radical (unpaired) electrons. The third-order valence-electron chi connectivity index (χ3n) is 2.92. The van der Waals surface area contributed by atoms with Crippen LogP contribution in [0.25, 0.3) is 0 Å². The predicted molar refractivity (Wildman–Crippen MR) is 76.8 cm³/mol. The molecule has 2 unspecified atom stereocenters. The van der Waals surface area contributed by atoms with Crippen molar-refractivity contribution in [2.45, 2.75) is 46.2 Å². The number of thioether (sulfide) groups is 1. The smallest absolute Gasteiger partial charge is 0.157 e. The van der Waals surface area contributed by atoms with Gasteiger partial charge in [0.15, 0.2) is 5.17 Å². The van der Waals surface area contributed by atoms with Gasteiger partial charge in [-0.3, -0.25) is 4.99 Å². The molecule has 100 valence electrons. The normalized spacial score (nSPS) is 22.1. The Kier molecular flexibility index (Phi) is 6.34. The van der Waals surface area contributed by atoms with Gasteiger partial charge >= 0.3 is 0 Å². The minimum atomic E-state index is 0.365. The van der Waals surface area contributed by atoms with Crippen LogP contribution in [0.4, 0.5) is 0 Å². The molecule has 3 nitrogen and oxygen atoms in total. The van der Waals surface area contributed by atoms with Gasteiger partial charge in [-0.2, -0.15) is 0 Å². The molecule has 0 aromatic rings. The number of nitrogens with one attached hydrogen (secondary N) is 1. The molecule has 0 bridgehead atoms. The zero-order valence-electron chi connectivity index (χ0n) is 11.7. The van der Waals surface area contributed by atoms with Crippen molar-refractivity contribution in [3.8, 4) is 0 Å². The van der Waals surface area contributed by atoms with Gasteiger partial charge in [0.05, 0.1) is 18.7 Å². The average Bonchev–Trinajstić information content (AvgIpc) is 2.63.